The zero-order chi connectivity index (χ0) is 13.6. The minimum absolute atomic E-state index is 2.36. The Kier molecular flexibility index (Phi) is 6.92. The highest BCUT2D eigenvalue weighted by Gasteiger charge is 2.63. The normalized spacial score (nSPS) is 15.7. The van der Waals surface area contributed by atoms with Crippen molar-refractivity contribution in [3.8, 4) is 0 Å². The van der Waals surface area contributed by atoms with Crippen LogP contribution in [0.25, 0.3) is 0 Å². The van der Waals surface area contributed by atoms with Gasteiger partial charge >= 0.3 is 0 Å². The molecule has 0 atom stereocenters. The number of hydrogen-bond donors (Lipinski definition) is 0. The van der Waals surface area contributed by atoms with Crippen LogP contribution < -0.4 is 0 Å². The van der Waals surface area contributed by atoms with Gasteiger partial charge in [-0.05, 0) is 0 Å². The summed E-state index contributed by atoms with van der Waals surface area (Å²) in [7, 11) is -2.61. The van der Waals surface area contributed by atoms with Gasteiger partial charge in [0, 0.05) is 0 Å². The summed E-state index contributed by atoms with van der Waals surface area (Å²) >= 11 is 54.7. The number of alkyl halides is 10. The number of halogens is 10. The number of rotatable bonds is 2. The molecule has 0 aliphatic carbocycles. The van der Waals surface area contributed by atoms with Gasteiger partial charge in [-0.2, -0.15) is 0 Å². The molecule has 0 amide bonds. The maximum absolute atomic E-state index is 11.9. The summed E-state index contributed by atoms with van der Waals surface area (Å²) in [6.07, 6.45) is 0. The topological polar surface area (TPSA) is 17.1 Å². The van der Waals surface area contributed by atoms with E-state index >= 15 is 0 Å². The van der Waals surface area contributed by atoms with E-state index in [4.69, 9.17) is 116 Å². The predicted octanol–water partition coefficient (Wildman–Crippen LogP) is 5.74. The van der Waals surface area contributed by atoms with Gasteiger partial charge in [-0.1, -0.05) is 116 Å². The molecule has 0 saturated carbocycles. The first-order chi connectivity index (χ1) is 6.65. The quantitative estimate of drug-likeness (QED) is 0.491. The molecule has 0 bridgehead atoms. The van der Waals surface area contributed by atoms with Crippen LogP contribution in [0.3, 0.4) is 0 Å². The maximum atomic E-state index is 11.9. The molecule has 0 spiro atoms. The Hall–Kier alpha value is 3.05. The van der Waals surface area contributed by atoms with Crippen LogP contribution in [0.5, 0.6) is 0 Å². The second-order valence-electron chi connectivity index (χ2n) is 2.30. The van der Waals surface area contributed by atoms with Gasteiger partial charge in [0.25, 0.3) is 0 Å². The van der Waals surface area contributed by atoms with Crippen molar-refractivity contribution in [1.82, 2.24) is 0 Å². The SMILES string of the molecule is O=S(C(Cl)(Cl)C(Cl)(Cl)Cl)C(Cl)(Cl)C(Cl)(Cl)Cl. The molecule has 0 fully saturated rings. The third kappa shape index (κ3) is 4.02. The molecule has 0 N–H and O–H groups in total. The second kappa shape index (κ2) is 5.81. The first kappa shape index (κ1) is 19.1. The zero-order valence-corrected chi connectivity index (χ0v) is 15.0. The van der Waals surface area contributed by atoms with Crippen molar-refractivity contribution in [3.63, 3.8) is 0 Å². The fourth-order valence-electron chi connectivity index (χ4n) is 0.371. The lowest BCUT2D eigenvalue weighted by Crippen LogP contribution is -2.48. The van der Waals surface area contributed by atoms with Crippen LogP contribution in [0.2, 0.25) is 0 Å². The van der Waals surface area contributed by atoms with Crippen LogP contribution in [-0.4, -0.2) is 19.1 Å². The molecule has 0 aliphatic heterocycles. The van der Waals surface area contributed by atoms with Crippen LogP contribution in [0.4, 0.5) is 0 Å². The Bertz CT molecular complexity index is 258. The lowest BCUT2D eigenvalue weighted by Gasteiger charge is -2.34. The molecule has 0 aromatic carbocycles. The summed E-state index contributed by atoms with van der Waals surface area (Å²) in [5.74, 6) is 0. The second-order valence-corrected chi connectivity index (χ2v) is 12.2. The molecule has 0 aliphatic rings. The maximum Gasteiger partial charge on any atom is 0.241 e. The van der Waals surface area contributed by atoms with E-state index in [0.717, 1.165) is 0 Å². The van der Waals surface area contributed by atoms with E-state index in [0.29, 0.717) is 0 Å². The van der Waals surface area contributed by atoms with Crippen molar-refractivity contribution < 1.29 is 4.21 Å². The molecule has 0 saturated heterocycles. The molecule has 0 heterocycles. The Morgan fingerprint density at radius 1 is 0.562 bits per heavy atom. The van der Waals surface area contributed by atoms with E-state index in [-0.39, 0.29) is 0 Å². The Balaban J connectivity index is 5.40. The van der Waals surface area contributed by atoms with E-state index in [1.165, 1.54) is 0 Å². The first-order valence-corrected chi connectivity index (χ1v) is 7.89. The fraction of sp³-hybridized carbons (Fsp3) is 1.00. The summed E-state index contributed by atoms with van der Waals surface area (Å²) in [6, 6.07) is 0. The highest BCUT2D eigenvalue weighted by Crippen LogP contribution is 2.57. The smallest absolute Gasteiger partial charge is 0.241 e. The monoisotopic (exact) mass is 446 g/mol. The molecule has 0 unspecified atom stereocenters. The summed E-state index contributed by atoms with van der Waals surface area (Å²) in [5.41, 5.74) is 0. The summed E-state index contributed by atoms with van der Waals surface area (Å²) < 4.78 is 2.21. The van der Waals surface area contributed by atoms with E-state index < -0.39 is 25.7 Å². The van der Waals surface area contributed by atoms with E-state index in [1.807, 2.05) is 0 Å². The summed E-state index contributed by atoms with van der Waals surface area (Å²) in [4.78, 5) is 0. The third-order valence-electron chi connectivity index (χ3n) is 1.13. The lowest BCUT2D eigenvalue weighted by molar-refractivity contribution is 0.671. The molecular formula is C4Cl10OS. The van der Waals surface area contributed by atoms with Crippen LogP contribution in [0.1, 0.15) is 0 Å². The van der Waals surface area contributed by atoms with Crippen LogP contribution in [0, 0.1) is 0 Å². The molecule has 12 heteroatoms. The minimum Gasteiger partial charge on any atom is -0.253 e. The Morgan fingerprint density at radius 3 is 0.875 bits per heavy atom. The average molecular weight is 451 g/mol. The molecule has 16 heavy (non-hydrogen) atoms. The highest BCUT2D eigenvalue weighted by atomic mass is 35.6. The molecule has 0 radical (unpaired) electrons. The standard InChI is InChI=1S/C4Cl10OS/c5-1(6,7)3(11,12)16(15)4(13,14)2(8,9)10. The van der Waals surface area contributed by atoms with Crippen LogP contribution in [-0.2, 0) is 10.8 Å². The molecule has 0 rings (SSSR count). The van der Waals surface area contributed by atoms with Crippen molar-refractivity contribution in [3.05, 3.63) is 0 Å². The van der Waals surface area contributed by atoms with Crippen LogP contribution >= 0.6 is 116 Å². The van der Waals surface area contributed by atoms with Gasteiger partial charge < -0.3 is 0 Å². The van der Waals surface area contributed by atoms with Crippen molar-refractivity contribution in [2.75, 3.05) is 0 Å². The van der Waals surface area contributed by atoms with Gasteiger partial charge in [0.2, 0.25) is 14.9 Å². The Morgan fingerprint density at radius 2 is 0.750 bits per heavy atom. The zero-order valence-electron chi connectivity index (χ0n) is 6.60. The van der Waals surface area contributed by atoms with Gasteiger partial charge in [0.1, 0.15) is 10.8 Å². The fourth-order valence-corrected chi connectivity index (χ4v) is 4.24. The van der Waals surface area contributed by atoms with Gasteiger partial charge in [-0.3, -0.25) is 4.21 Å². The van der Waals surface area contributed by atoms with Gasteiger partial charge in [0.15, 0.2) is 0 Å². The molecule has 0 aromatic heterocycles. The van der Waals surface area contributed by atoms with Crippen molar-refractivity contribution in [1.29, 1.82) is 0 Å². The van der Waals surface area contributed by atoms with E-state index in [2.05, 4.69) is 0 Å². The molecule has 0 aromatic rings. The predicted molar refractivity (Wildman–Crippen MR) is 77.6 cm³/mol. The van der Waals surface area contributed by atoms with Crippen molar-refractivity contribution in [2.24, 2.45) is 0 Å². The summed E-state index contributed by atoms with van der Waals surface area (Å²) in [6.45, 7) is 0. The number of hydrogen-bond acceptors (Lipinski definition) is 1. The largest absolute Gasteiger partial charge is 0.253 e. The van der Waals surface area contributed by atoms with Crippen LogP contribution in [0.15, 0.2) is 0 Å². The van der Waals surface area contributed by atoms with Crippen molar-refractivity contribution in [2.45, 2.75) is 14.9 Å². The van der Waals surface area contributed by atoms with Crippen molar-refractivity contribution >= 4 is 127 Å². The minimum atomic E-state index is -2.61. The highest BCUT2D eigenvalue weighted by molar-refractivity contribution is 7.94. The third-order valence-corrected chi connectivity index (χ3v) is 9.02. The molecule has 98 valence electrons. The Labute approximate surface area is 144 Å². The lowest BCUT2D eigenvalue weighted by atomic mass is 10.9. The van der Waals surface area contributed by atoms with E-state index in [1.54, 1.807) is 0 Å². The van der Waals surface area contributed by atoms with Gasteiger partial charge in [-0.25, -0.2) is 0 Å². The molecular weight excluding hydrogens is 451 g/mol. The summed E-state index contributed by atoms with van der Waals surface area (Å²) in [5, 5.41) is 0. The van der Waals surface area contributed by atoms with E-state index in [9.17, 15) is 4.21 Å². The van der Waals surface area contributed by atoms with Gasteiger partial charge in [-0.15, -0.1) is 0 Å². The average Bonchev–Trinajstić information content (AvgIpc) is 1.98. The first-order valence-electron chi connectivity index (χ1n) is 2.96. The van der Waals surface area contributed by atoms with Gasteiger partial charge in [0.05, 0.1) is 0 Å². The molecule has 1 nitrogen and oxygen atoms in total.